The van der Waals surface area contributed by atoms with Crippen molar-refractivity contribution in [3.63, 3.8) is 0 Å². The van der Waals surface area contributed by atoms with E-state index in [0.29, 0.717) is 5.02 Å². The highest BCUT2D eigenvalue weighted by molar-refractivity contribution is 6.30. The third-order valence-electron chi connectivity index (χ3n) is 7.80. The number of oxime groups is 1. The van der Waals surface area contributed by atoms with Crippen molar-refractivity contribution in [2.24, 2.45) is 34.7 Å². The summed E-state index contributed by atoms with van der Waals surface area (Å²) < 4.78 is 0. The van der Waals surface area contributed by atoms with Crippen molar-refractivity contribution in [1.82, 2.24) is 4.90 Å². The van der Waals surface area contributed by atoms with Crippen LogP contribution in [0.25, 0.3) is 0 Å². The molecule has 146 valence electrons. The maximum atomic E-state index is 13.4. The van der Waals surface area contributed by atoms with Gasteiger partial charge in [-0.15, -0.1) is 0 Å². The number of carbonyl (C=O) groups is 2. The summed E-state index contributed by atoms with van der Waals surface area (Å²) in [6.07, 6.45) is 6.20. The molecule has 6 atom stereocenters. The summed E-state index contributed by atoms with van der Waals surface area (Å²) in [5.41, 5.74) is 1.92. The highest BCUT2D eigenvalue weighted by Crippen LogP contribution is 2.62. The Morgan fingerprint density at radius 2 is 1.61 bits per heavy atom. The highest BCUT2D eigenvalue weighted by Gasteiger charge is 2.70. The first kappa shape index (κ1) is 17.0. The summed E-state index contributed by atoms with van der Waals surface area (Å²) in [5.74, 6) is 0.142. The predicted molar refractivity (Wildman–Crippen MR) is 104 cm³/mol. The third-order valence-corrected chi connectivity index (χ3v) is 8.06. The molecule has 2 amide bonds. The van der Waals surface area contributed by atoms with E-state index in [1.165, 1.54) is 6.42 Å². The molecule has 2 bridgehead atoms. The first-order valence-electron chi connectivity index (χ1n) is 10.5. The number of carbonyl (C=O) groups excluding carboxylic acids is 2. The van der Waals surface area contributed by atoms with Gasteiger partial charge in [-0.2, -0.15) is 0 Å². The Morgan fingerprint density at radius 3 is 2.32 bits per heavy atom. The lowest BCUT2D eigenvalue weighted by Gasteiger charge is -2.30. The van der Waals surface area contributed by atoms with Gasteiger partial charge in [-0.1, -0.05) is 48.2 Å². The molecule has 6 heteroatoms. The minimum absolute atomic E-state index is 0.0661. The average molecular weight is 399 g/mol. The average Bonchev–Trinajstić information content (AvgIpc) is 3.44. The number of rotatable bonds is 2. The lowest BCUT2D eigenvalue weighted by atomic mass is 9.71. The van der Waals surface area contributed by atoms with Gasteiger partial charge in [-0.25, -0.2) is 0 Å². The molecular weight excluding hydrogens is 376 g/mol. The number of hydrogen-bond donors (Lipinski definition) is 0. The Labute approximate surface area is 169 Å². The van der Waals surface area contributed by atoms with Crippen LogP contribution in [0.3, 0.4) is 0 Å². The summed E-state index contributed by atoms with van der Waals surface area (Å²) in [5, 5.41) is 5.07. The van der Waals surface area contributed by atoms with Crippen molar-refractivity contribution < 1.29 is 14.4 Å². The standard InChI is InChI=1S/C22H23ClN2O3/c23-12-8-6-11(7-9-12)19-18-14-10-15(20(18)28-24-19)17-16(14)21(26)25(22(17)27)13-4-2-1-3-5-13/h6-9,13-18,20H,1-5,10H2/t14-,15+,16+,17-,18+,20+/m1/s1. The van der Waals surface area contributed by atoms with Gasteiger partial charge in [0.25, 0.3) is 0 Å². The van der Waals surface area contributed by atoms with Crippen LogP contribution in [0, 0.1) is 29.6 Å². The number of benzene rings is 1. The van der Waals surface area contributed by atoms with Crippen LogP contribution in [0.2, 0.25) is 5.02 Å². The van der Waals surface area contributed by atoms with E-state index >= 15 is 0 Å². The molecule has 2 heterocycles. The smallest absolute Gasteiger partial charge is 0.233 e. The van der Waals surface area contributed by atoms with Crippen LogP contribution in [-0.4, -0.2) is 34.6 Å². The number of amides is 2. The number of likely N-dealkylation sites (tertiary alicyclic amines) is 1. The first-order chi connectivity index (χ1) is 13.6. The van der Waals surface area contributed by atoms with Gasteiger partial charge < -0.3 is 4.84 Å². The monoisotopic (exact) mass is 398 g/mol. The summed E-state index contributed by atoms with van der Waals surface area (Å²) in [6, 6.07) is 7.76. The molecular formula is C22H23ClN2O3. The molecule has 6 rings (SSSR count). The minimum atomic E-state index is -0.194. The Kier molecular flexibility index (Phi) is 3.68. The predicted octanol–water partition coefficient (Wildman–Crippen LogP) is 3.64. The van der Waals surface area contributed by atoms with Crippen LogP contribution in [0.4, 0.5) is 0 Å². The zero-order valence-electron chi connectivity index (χ0n) is 15.6. The molecule has 0 unspecified atom stereocenters. The number of fused-ring (bicyclic) bond motifs is 8. The largest absolute Gasteiger partial charge is 0.391 e. The first-order valence-corrected chi connectivity index (χ1v) is 10.9. The van der Waals surface area contributed by atoms with Crippen molar-refractivity contribution in [1.29, 1.82) is 0 Å². The second kappa shape index (κ2) is 6.06. The van der Waals surface area contributed by atoms with Gasteiger partial charge in [0.15, 0.2) is 0 Å². The molecule has 4 fully saturated rings. The fourth-order valence-electron chi connectivity index (χ4n) is 6.71. The van der Waals surface area contributed by atoms with Crippen molar-refractivity contribution in [2.45, 2.75) is 50.7 Å². The second-order valence-electron chi connectivity index (χ2n) is 9.03. The Balaban J connectivity index is 1.31. The van der Waals surface area contributed by atoms with Crippen LogP contribution in [-0.2, 0) is 14.4 Å². The molecule has 0 N–H and O–H groups in total. The topological polar surface area (TPSA) is 59.0 Å². The molecule has 28 heavy (non-hydrogen) atoms. The molecule has 0 aromatic heterocycles. The summed E-state index contributed by atoms with van der Waals surface area (Å²) in [4.78, 5) is 34.1. The van der Waals surface area contributed by atoms with E-state index in [4.69, 9.17) is 16.4 Å². The van der Waals surface area contributed by atoms with Gasteiger partial charge in [0.05, 0.1) is 17.5 Å². The molecule has 0 spiro atoms. The molecule has 1 aromatic carbocycles. The van der Waals surface area contributed by atoms with Crippen LogP contribution in [0.5, 0.6) is 0 Å². The Morgan fingerprint density at radius 1 is 0.929 bits per heavy atom. The highest BCUT2D eigenvalue weighted by atomic mass is 35.5. The number of imide groups is 1. The fraction of sp³-hybridized carbons (Fsp3) is 0.591. The van der Waals surface area contributed by atoms with Gasteiger partial charge >= 0.3 is 0 Å². The van der Waals surface area contributed by atoms with Gasteiger partial charge in [0.1, 0.15) is 6.10 Å². The van der Waals surface area contributed by atoms with Gasteiger partial charge in [-0.05, 0) is 42.9 Å². The minimum Gasteiger partial charge on any atom is -0.391 e. The van der Waals surface area contributed by atoms with Crippen molar-refractivity contribution >= 4 is 29.1 Å². The molecule has 2 aliphatic heterocycles. The quantitative estimate of drug-likeness (QED) is 0.714. The summed E-state index contributed by atoms with van der Waals surface area (Å²) in [7, 11) is 0. The van der Waals surface area contributed by atoms with Crippen LogP contribution < -0.4 is 0 Å². The molecule has 1 saturated heterocycles. The van der Waals surface area contributed by atoms with E-state index < -0.39 is 0 Å². The molecule has 0 radical (unpaired) electrons. The van der Waals surface area contributed by atoms with E-state index in [1.807, 2.05) is 24.3 Å². The Hall–Kier alpha value is -1.88. The van der Waals surface area contributed by atoms with Gasteiger partial charge in [0, 0.05) is 22.9 Å². The number of halogens is 1. The lowest BCUT2D eigenvalue weighted by Crippen LogP contribution is -2.42. The third kappa shape index (κ3) is 2.17. The van der Waals surface area contributed by atoms with E-state index in [2.05, 4.69) is 5.16 Å². The second-order valence-corrected chi connectivity index (χ2v) is 9.47. The van der Waals surface area contributed by atoms with Crippen LogP contribution in [0.1, 0.15) is 44.1 Å². The van der Waals surface area contributed by atoms with Crippen LogP contribution >= 0.6 is 11.6 Å². The van der Waals surface area contributed by atoms with Crippen molar-refractivity contribution in [3.8, 4) is 0 Å². The van der Waals surface area contributed by atoms with Crippen molar-refractivity contribution in [2.75, 3.05) is 0 Å². The van der Waals surface area contributed by atoms with E-state index in [9.17, 15) is 9.59 Å². The SMILES string of the molecule is O=C1[C@@H]2[C@@H]3C[C@@H]([C@H]4C(c5ccc(Cl)cc5)=NO[C@@H]34)[C@@H]2C(=O)N1C1CCCCC1. The van der Waals surface area contributed by atoms with Crippen molar-refractivity contribution in [3.05, 3.63) is 34.9 Å². The lowest BCUT2D eigenvalue weighted by molar-refractivity contribution is -0.144. The molecule has 3 aliphatic carbocycles. The molecule has 1 aromatic rings. The zero-order chi connectivity index (χ0) is 19.0. The molecule has 5 nitrogen and oxygen atoms in total. The summed E-state index contributed by atoms with van der Waals surface area (Å²) >= 11 is 6.03. The van der Waals surface area contributed by atoms with E-state index in [0.717, 1.165) is 43.4 Å². The molecule has 5 aliphatic rings. The van der Waals surface area contributed by atoms with E-state index in [1.54, 1.807) is 4.90 Å². The normalized spacial score (nSPS) is 39.2. The number of hydrogen-bond acceptors (Lipinski definition) is 4. The molecule has 3 saturated carbocycles. The van der Waals surface area contributed by atoms with Crippen LogP contribution in [0.15, 0.2) is 29.4 Å². The maximum absolute atomic E-state index is 13.4. The Bertz CT molecular complexity index is 876. The summed E-state index contributed by atoms with van der Waals surface area (Å²) in [6.45, 7) is 0. The fourth-order valence-corrected chi connectivity index (χ4v) is 6.83. The van der Waals surface area contributed by atoms with Gasteiger partial charge in [-0.3, -0.25) is 14.5 Å². The number of nitrogens with zero attached hydrogens (tertiary/aromatic N) is 2. The van der Waals surface area contributed by atoms with Gasteiger partial charge in [0.2, 0.25) is 11.8 Å². The maximum Gasteiger partial charge on any atom is 0.233 e. The zero-order valence-corrected chi connectivity index (χ0v) is 16.3. The van der Waals surface area contributed by atoms with E-state index in [-0.39, 0.29) is 53.5 Å².